The summed E-state index contributed by atoms with van der Waals surface area (Å²) in [5, 5.41) is 1.18. The largest absolute Gasteiger partial charge is 0.348 e. The van der Waals surface area contributed by atoms with Crippen LogP contribution in [0, 0.1) is 5.82 Å². The molecule has 0 N–H and O–H groups in total. The Labute approximate surface area is 164 Å². The van der Waals surface area contributed by atoms with Crippen molar-refractivity contribution in [1.29, 1.82) is 0 Å². The number of rotatable bonds is 3. The number of nitrogens with zero attached hydrogens (tertiary/aromatic N) is 2. The zero-order chi connectivity index (χ0) is 19.3. The second kappa shape index (κ2) is 6.77. The molecule has 5 rings (SSSR count). The highest BCUT2D eigenvalue weighted by Gasteiger charge is 2.43. The van der Waals surface area contributed by atoms with E-state index in [0.29, 0.717) is 5.92 Å². The number of amides is 1. The molecule has 2 saturated heterocycles. The molecule has 2 aliphatic heterocycles. The molecule has 144 valence electrons. The lowest BCUT2D eigenvalue weighted by molar-refractivity contribution is 0.0571. The summed E-state index contributed by atoms with van der Waals surface area (Å²) in [7, 11) is 0. The number of halogens is 1. The van der Waals surface area contributed by atoms with Crippen LogP contribution in [0.2, 0.25) is 0 Å². The summed E-state index contributed by atoms with van der Waals surface area (Å²) in [6, 6.07) is 15.7. The van der Waals surface area contributed by atoms with Crippen LogP contribution in [0.15, 0.2) is 54.7 Å². The summed E-state index contributed by atoms with van der Waals surface area (Å²) in [5.41, 5.74) is 3.12. The van der Waals surface area contributed by atoms with Crippen LogP contribution in [0.5, 0.6) is 0 Å². The van der Waals surface area contributed by atoms with Gasteiger partial charge in [-0.15, -0.1) is 0 Å². The van der Waals surface area contributed by atoms with Gasteiger partial charge in [-0.25, -0.2) is 4.39 Å². The maximum Gasteiger partial charge on any atom is 0.254 e. The molecule has 4 heteroatoms. The summed E-state index contributed by atoms with van der Waals surface area (Å²) >= 11 is 0. The monoisotopic (exact) mass is 376 g/mol. The van der Waals surface area contributed by atoms with Gasteiger partial charge in [-0.3, -0.25) is 4.79 Å². The van der Waals surface area contributed by atoms with Crippen LogP contribution < -0.4 is 0 Å². The molecule has 0 saturated carbocycles. The molecule has 0 radical (unpaired) electrons. The Balaban J connectivity index is 1.40. The van der Waals surface area contributed by atoms with Crippen LogP contribution in [0.25, 0.3) is 10.9 Å². The molecule has 2 unspecified atom stereocenters. The average molecular weight is 376 g/mol. The van der Waals surface area contributed by atoms with Crippen LogP contribution in [0.1, 0.15) is 54.4 Å². The summed E-state index contributed by atoms with van der Waals surface area (Å²) < 4.78 is 15.4. The van der Waals surface area contributed by atoms with Gasteiger partial charge >= 0.3 is 0 Å². The zero-order valence-corrected chi connectivity index (χ0v) is 16.1. The van der Waals surface area contributed by atoms with Crippen molar-refractivity contribution < 1.29 is 9.18 Å². The van der Waals surface area contributed by atoms with Crippen LogP contribution in [0.3, 0.4) is 0 Å². The smallest absolute Gasteiger partial charge is 0.254 e. The normalized spacial score (nSPS) is 24.1. The molecule has 1 amide bonds. The maximum atomic E-state index is 13.4. The summed E-state index contributed by atoms with van der Waals surface area (Å²) in [5.74, 6) is 0.393. The lowest BCUT2D eigenvalue weighted by Gasteiger charge is -2.39. The topological polar surface area (TPSA) is 25.2 Å². The number of piperidine rings is 1. The standard InChI is InChI=1S/C24H25FN2O/c1-2-26-12-11-17-3-4-18(15-23(17)26)24(28)27-21-9-10-22(27)14-19(13-21)16-5-7-20(25)8-6-16/h3-8,11-12,15,19,21-22H,2,9-10,13-14H2,1H3. The minimum absolute atomic E-state index is 0.163. The maximum absolute atomic E-state index is 13.4. The van der Waals surface area contributed by atoms with E-state index in [1.165, 1.54) is 10.9 Å². The van der Waals surface area contributed by atoms with Crippen molar-refractivity contribution in [3.05, 3.63) is 71.7 Å². The van der Waals surface area contributed by atoms with E-state index in [-0.39, 0.29) is 23.8 Å². The number of benzene rings is 2. The fraction of sp³-hybridized carbons (Fsp3) is 0.375. The Bertz CT molecular complexity index is 1010. The molecule has 3 nitrogen and oxygen atoms in total. The fourth-order valence-electron chi connectivity index (χ4n) is 5.26. The van der Waals surface area contributed by atoms with Crippen molar-refractivity contribution in [2.45, 2.75) is 57.2 Å². The van der Waals surface area contributed by atoms with E-state index in [1.807, 2.05) is 24.3 Å². The molecule has 3 aromatic rings. The molecule has 2 atom stereocenters. The van der Waals surface area contributed by atoms with E-state index in [4.69, 9.17) is 0 Å². The first-order valence-electron chi connectivity index (χ1n) is 10.3. The molecule has 1 aromatic heterocycles. The molecule has 2 bridgehead atoms. The van der Waals surface area contributed by atoms with Gasteiger partial charge in [0, 0.05) is 35.9 Å². The predicted octanol–water partition coefficient (Wildman–Crippen LogP) is 5.35. The second-order valence-corrected chi connectivity index (χ2v) is 8.19. The van der Waals surface area contributed by atoms with Gasteiger partial charge in [0.2, 0.25) is 0 Å². The third-order valence-electron chi connectivity index (χ3n) is 6.67. The number of aryl methyl sites for hydroxylation is 1. The third kappa shape index (κ3) is 2.83. The third-order valence-corrected chi connectivity index (χ3v) is 6.67. The van der Waals surface area contributed by atoms with Crippen molar-refractivity contribution >= 4 is 16.8 Å². The Morgan fingerprint density at radius 2 is 1.75 bits per heavy atom. The molecule has 2 aromatic carbocycles. The zero-order valence-electron chi connectivity index (χ0n) is 16.1. The lowest BCUT2D eigenvalue weighted by atomic mass is 9.85. The van der Waals surface area contributed by atoms with Gasteiger partial charge in [-0.1, -0.05) is 18.2 Å². The van der Waals surface area contributed by atoms with E-state index in [0.717, 1.165) is 43.3 Å². The lowest BCUT2D eigenvalue weighted by Crippen LogP contribution is -2.46. The molecular weight excluding hydrogens is 351 g/mol. The second-order valence-electron chi connectivity index (χ2n) is 8.19. The van der Waals surface area contributed by atoms with Gasteiger partial charge < -0.3 is 9.47 Å². The Kier molecular flexibility index (Phi) is 4.22. The number of carbonyl (C=O) groups is 1. The van der Waals surface area contributed by atoms with Crippen molar-refractivity contribution in [3.63, 3.8) is 0 Å². The number of hydrogen-bond donors (Lipinski definition) is 0. The van der Waals surface area contributed by atoms with Crippen LogP contribution in [-0.2, 0) is 6.54 Å². The quantitative estimate of drug-likeness (QED) is 0.605. The van der Waals surface area contributed by atoms with E-state index in [1.54, 1.807) is 12.1 Å². The fourth-order valence-corrected chi connectivity index (χ4v) is 5.26. The minimum atomic E-state index is -0.188. The van der Waals surface area contributed by atoms with E-state index in [2.05, 4.69) is 34.7 Å². The molecule has 3 heterocycles. The van der Waals surface area contributed by atoms with Gasteiger partial charge in [-0.05, 0) is 79.8 Å². The van der Waals surface area contributed by atoms with Crippen LogP contribution >= 0.6 is 0 Å². The van der Waals surface area contributed by atoms with E-state index in [9.17, 15) is 9.18 Å². The van der Waals surface area contributed by atoms with Gasteiger partial charge in [0.25, 0.3) is 5.91 Å². The minimum Gasteiger partial charge on any atom is -0.348 e. The highest BCUT2D eigenvalue weighted by Crippen LogP contribution is 2.43. The molecule has 0 aliphatic carbocycles. The van der Waals surface area contributed by atoms with E-state index < -0.39 is 0 Å². The highest BCUT2D eigenvalue weighted by atomic mass is 19.1. The number of aromatic nitrogens is 1. The molecule has 2 aliphatic rings. The van der Waals surface area contributed by atoms with Gasteiger partial charge in [0.15, 0.2) is 0 Å². The summed E-state index contributed by atoms with van der Waals surface area (Å²) in [6.07, 6.45) is 6.17. The van der Waals surface area contributed by atoms with Gasteiger partial charge in [0.05, 0.1) is 0 Å². The van der Waals surface area contributed by atoms with Gasteiger partial charge in [0.1, 0.15) is 5.82 Å². The van der Waals surface area contributed by atoms with Gasteiger partial charge in [-0.2, -0.15) is 0 Å². The molecule has 0 spiro atoms. The Morgan fingerprint density at radius 3 is 2.43 bits per heavy atom. The highest BCUT2D eigenvalue weighted by molar-refractivity contribution is 5.98. The first-order valence-corrected chi connectivity index (χ1v) is 10.3. The predicted molar refractivity (Wildman–Crippen MR) is 109 cm³/mol. The van der Waals surface area contributed by atoms with Crippen LogP contribution in [0.4, 0.5) is 4.39 Å². The van der Waals surface area contributed by atoms with Crippen molar-refractivity contribution in [2.75, 3.05) is 0 Å². The first kappa shape index (κ1) is 17.5. The number of carbonyl (C=O) groups excluding carboxylic acids is 1. The van der Waals surface area contributed by atoms with Crippen LogP contribution in [-0.4, -0.2) is 27.5 Å². The number of hydrogen-bond acceptors (Lipinski definition) is 1. The average Bonchev–Trinajstić information content (AvgIpc) is 3.25. The molecular formula is C24H25FN2O. The molecule has 28 heavy (non-hydrogen) atoms. The van der Waals surface area contributed by atoms with Crippen molar-refractivity contribution in [3.8, 4) is 0 Å². The molecule has 2 fully saturated rings. The van der Waals surface area contributed by atoms with Crippen molar-refractivity contribution in [1.82, 2.24) is 9.47 Å². The Morgan fingerprint density at radius 1 is 1.04 bits per heavy atom. The Hall–Kier alpha value is -2.62. The SMILES string of the molecule is CCn1ccc2ccc(C(=O)N3C4CCC3CC(c3ccc(F)cc3)C4)cc21. The van der Waals surface area contributed by atoms with E-state index >= 15 is 0 Å². The summed E-state index contributed by atoms with van der Waals surface area (Å²) in [6.45, 7) is 3.02. The summed E-state index contributed by atoms with van der Waals surface area (Å²) in [4.78, 5) is 15.5. The number of fused-ring (bicyclic) bond motifs is 3. The van der Waals surface area contributed by atoms with Crippen molar-refractivity contribution in [2.24, 2.45) is 0 Å². The first-order chi connectivity index (χ1) is 13.6.